The van der Waals surface area contributed by atoms with E-state index in [1.165, 1.54) is 17.2 Å². The average Bonchev–Trinajstić information content (AvgIpc) is 2.77. The van der Waals surface area contributed by atoms with Crippen molar-refractivity contribution in [3.8, 4) is 11.4 Å². The van der Waals surface area contributed by atoms with Crippen LogP contribution in [0.2, 0.25) is 5.15 Å². The largest absolute Gasteiger partial charge is 0.340 e. The number of halogens is 1. The predicted molar refractivity (Wildman–Crippen MR) is 73.6 cm³/mol. The lowest BCUT2D eigenvalue weighted by atomic mass is 10.2. The lowest BCUT2D eigenvalue weighted by Crippen LogP contribution is -1.98. The van der Waals surface area contributed by atoms with Crippen LogP contribution in [0.4, 0.5) is 0 Å². The van der Waals surface area contributed by atoms with Crippen molar-refractivity contribution < 1.29 is 0 Å². The predicted octanol–water partition coefficient (Wildman–Crippen LogP) is 3.77. The highest BCUT2D eigenvalue weighted by molar-refractivity contribution is 6.29. The third-order valence-electron chi connectivity index (χ3n) is 3.02. The van der Waals surface area contributed by atoms with Gasteiger partial charge in [-0.05, 0) is 19.1 Å². The second-order valence-electron chi connectivity index (χ2n) is 4.06. The highest BCUT2D eigenvalue weighted by Crippen LogP contribution is 2.27. The molecule has 3 aromatic rings. The van der Waals surface area contributed by atoms with Gasteiger partial charge in [0, 0.05) is 23.5 Å². The van der Waals surface area contributed by atoms with E-state index in [1.54, 1.807) is 6.07 Å². The lowest BCUT2D eigenvalue weighted by molar-refractivity contribution is 0.802. The van der Waals surface area contributed by atoms with Crippen LogP contribution in [0, 0.1) is 0 Å². The normalized spacial score (nSPS) is 11.0. The zero-order valence-corrected chi connectivity index (χ0v) is 10.7. The second kappa shape index (κ2) is 4.42. The first kappa shape index (κ1) is 11.2. The minimum absolute atomic E-state index is 0.466. The number of hydrogen-bond donors (Lipinski definition) is 0. The number of benzene rings is 1. The fraction of sp³-hybridized carbons (Fsp3) is 0.143. The maximum absolute atomic E-state index is 5.93. The van der Waals surface area contributed by atoms with Crippen molar-refractivity contribution >= 4 is 22.5 Å². The molecule has 0 bridgehead atoms. The molecular weight excluding hydrogens is 246 g/mol. The van der Waals surface area contributed by atoms with Crippen molar-refractivity contribution in [2.75, 3.05) is 0 Å². The maximum Gasteiger partial charge on any atom is 0.133 e. The average molecular weight is 258 g/mol. The molecule has 0 aliphatic carbocycles. The van der Waals surface area contributed by atoms with Crippen LogP contribution in [-0.2, 0) is 6.54 Å². The molecule has 0 aliphatic rings. The summed E-state index contributed by atoms with van der Waals surface area (Å²) >= 11 is 5.93. The summed E-state index contributed by atoms with van der Waals surface area (Å²) in [6.07, 6.45) is 1.50. The molecule has 0 fully saturated rings. The van der Waals surface area contributed by atoms with Crippen molar-refractivity contribution in [3.63, 3.8) is 0 Å². The van der Waals surface area contributed by atoms with Crippen molar-refractivity contribution in [3.05, 3.63) is 47.9 Å². The molecule has 18 heavy (non-hydrogen) atoms. The first-order chi connectivity index (χ1) is 8.79. The zero-order chi connectivity index (χ0) is 12.5. The van der Waals surface area contributed by atoms with E-state index in [4.69, 9.17) is 11.6 Å². The molecule has 4 heteroatoms. The molecule has 0 spiro atoms. The Morgan fingerprint density at radius 3 is 2.78 bits per heavy atom. The van der Waals surface area contributed by atoms with Gasteiger partial charge in [0.25, 0.3) is 0 Å². The van der Waals surface area contributed by atoms with Gasteiger partial charge in [-0.2, -0.15) is 0 Å². The highest BCUT2D eigenvalue weighted by Gasteiger charge is 2.10. The Kier molecular flexibility index (Phi) is 2.76. The maximum atomic E-state index is 5.93. The summed E-state index contributed by atoms with van der Waals surface area (Å²) in [5, 5.41) is 1.68. The second-order valence-corrected chi connectivity index (χ2v) is 4.45. The van der Waals surface area contributed by atoms with Crippen LogP contribution in [0.1, 0.15) is 6.92 Å². The van der Waals surface area contributed by atoms with Crippen LogP contribution in [-0.4, -0.2) is 14.5 Å². The summed E-state index contributed by atoms with van der Waals surface area (Å²) in [6, 6.07) is 12.2. The van der Waals surface area contributed by atoms with Gasteiger partial charge in [-0.25, -0.2) is 9.97 Å². The third kappa shape index (κ3) is 1.77. The molecule has 0 saturated carbocycles. The first-order valence-corrected chi connectivity index (χ1v) is 6.23. The van der Waals surface area contributed by atoms with Gasteiger partial charge in [0.15, 0.2) is 0 Å². The summed E-state index contributed by atoms with van der Waals surface area (Å²) in [7, 11) is 0. The molecule has 0 radical (unpaired) electrons. The number of aryl methyl sites for hydroxylation is 1. The molecule has 90 valence electrons. The third-order valence-corrected chi connectivity index (χ3v) is 3.23. The molecule has 0 amide bonds. The van der Waals surface area contributed by atoms with Crippen LogP contribution >= 0.6 is 11.6 Å². The molecule has 0 unspecified atom stereocenters. The Bertz CT molecular complexity index is 703. The quantitative estimate of drug-likeness (QED) is 0.654. The summed E-state index contributed by atoms with van der Waals surface area (Å²) < 4.78 is 2.23. The van der Waals surface area contributed by atoms with E-state index in [-0.39, 0.29) is 0 Å². The van der Waals surface area contributed by atoms with E-state index in [0.717, 1.165) is 17.9 Å². The van der Waals surface area contributed by atoms with Gasteiger partial charge in [0.2, 0.25) is 0 Å². The summed E-state index contributed by atoms with van der Waals surface area (Å²) in [5.41, 5.74) is 3.14. The van der Waals surface area contributed by atoms with Gasteiger partial charge in [0.05, 0.1) is 11.4 Å². The van der Waals surface area contributed by atoms with Gasteiger partial charge in [-0.3, -0.25) is 0 Å². The van der Waals surface area contributed by atoms with E-state index in [2.05, 4.69) is 39.7 Å². The van der Waals surface area contributed by atoms with Crippen LogP contribution in [0.25, 0.3) is 22.3 Å². The van der Waals surface area contributed by atoms with Gasteiger partial charge >= 0.3 is 0 Å². The topological polar surface area (TPSA) is 30.7 Å². The lowest BCUT2D eigenvalue weighted by Gasteiger charge is -2.07. The molecule has 0 saturated heterocycles. The summed E-state index contributed by atoms with van der Waals surface area (Å²) in [4.78, 5) is 8.22. The number of rotatable bonds is 2. The van der Waals surface area contributed by atoms with Crippen LogP contribution in [0.5, 0.6) is 0 Å². The molecule has 0 aliphatic heterocycles. The monoisotopic (exact) mass is 257 g/mol. The van der Waals surface area contributed by atoms with Crippen LogP contribution in [0.15, 0.2) is 42.7 Å². The minimum Gasteiger partial charge on any atom is -0.340 e. The fourth-order valence-electron chi connectivity index (χ4n) is 2.24. The van der Waals surface area contributed by atoms with E-state index in [1.807, 2.05) is 12.1 Å². The molecular formula is C14H12ClN3. The SMILES string of the molecule is CCn1c(-c2cc(Cl)ncn2)cc2ccccc21. The van der Waals surface area contributed by atoms with Gasteiger partial charge in [0.1, 0.15) is 11.5 Å². The Hall–Kier alpha value is -1.87. The van der Waals surface area contributed by atoms with E-state index < -0.39 is 0 Å². The van der Waals surface area contributed by atoms with E-state index >= 15 is 0 Å². The molecule has 1 aromatic carbocycles. The van der Waals surface area contributed by atoms with Crippen molar-refractivity contribution in [1.29, 1.82) is 0 Å². The number of nitrogens with zero attached hydrogens (tertiary/aromatic N) is 3. The number of aromatic nitrogens is 3. The van der Waals surface area contributed by atoms with E-state index in [0.29, 0.717) is 5.15 Å². The smallest absolute Gasteiger partial charge is 0.133 e. The number of para-hydroxylation sites is 1. The van der Waals surface area contributed by atoms with Gasteiger partial charge in [-0.15, -0.1) is 0 Å². The minimum atomic E-state index is 0.466. The zero-order valence-electron chi connectivity index (χ0n) is 9.97. The van der Waals surface area contributed by atoms with Crippen molar-refractivity contribution in [1.82, 2.24) is 14.5 Å². The fourth-order valence-corrected chi connectivity index (χ4v) is 2.38. The molecule has 2 aromatic heterocycles. The number of fused-ring (bicyclic) bond motifs is 1. The molecule has 3 rings (SSSR count). The van der Waals surface area contributed by atoms with Crippen LogP contribution in [0.3, 0.4) is 0 Å². The number of hydrogen-bond acceptors (Lipinski definition) is 2. The highest BCUT2D eigenvalue weighted by atomic mass is 35.5. The molecule has 0 atom stereocenters. The van der Waals surface area contributed by atoms with Crippen LogP contribution < -0.4 is 0 Å². The van der Waals surface area contributed by atoms with Crippen molar-refractivity contribution in [2.24, 2.45) is 0 Å². The Morgan fingerprint density at radius 2 is 2.00 bits per heavy atom. The van der Waals surface area contributed by atoms with E-state index in [9.17, 15) is 0 Å². The first-order valence-electron chi connectivity index (χ1n) is 5.86. The van der Waals surface area contributed by atoms with Gasteiger partial charge in [-0.1, -0.05) is 29.8 Å². The Labute approximate surface area is 110 Å². The Morgan fingerprint density at radius 1 is 1.17 bits per heavy atom. The Balaban J connectivity index is 2.28. The van der Waals surface area contributed by atoms with Gasteiger partial charge < -0.3 is 4.57 Å². The molecule has 2 heterocycles. The van der Waals surface area contributed by atoms with Crippen molar-refractivity contribution in [2.45, 2.75) is 13.5 Å². The summed E-state index contributed by atoms with van der Waals surface area (Å²) in [5.74, 6) is 0. The molecule has 3 nitrogen and oxygen atoms in total. The summed E-state index contributed by atoms with van der Waals surface area (Å²) in [6.45, 7) is 3.02. The standard InChI is InChI=1S/C14H12ClN3/c1-2-18-12-6-4-3-5-10(12)7-13(18)11-8-14(15)17-9-16-11/h3-9H,2H2,1H3. The molecule has 0 N–H and O–H groups in total.